The Bertz CT molecular complexity index is 168. The first-order valence-electron chi connectivity index (χ1n) is 7.00. The van der Waals surface area contributed by atoms with Crippen molar-refractivity contribution < 1.29 is 0 Å². The second kappa shape index (κ2) is 5.37. The fourth-order valence-electron chi connectivity index (χ4n) is 3.66. The molecule has 0 aromatic rings. The van der Waals surface area contributed by atoms with E-state index in [-0.39, 0.29) is 0 Å². The first kappa shape index (κ1) is 13.1. The minimum absolute atomic E-state index is 0.638. The molecule has 0 heterocycles. The van der Waals surface area contributed by atoms with Gasteiger partial charge in [-0.1, -0.05) is 60.3 Å². The Morgan fingerprint density at radius 1 is 1.07 bits per heavy atom. The molecule has 0 aromatic heterocycles. The lowest BCUT2D eigenvalue weighted by Gasteiger charge is -2.42. The maximum absolute atomic E-state index is 2.46. The van der Waals surface area contributed by atoms with Crippen LogP contribution in [0.5, 0.6) is 0 Å². The highest BCUT2D eigenvalue weighted by atomic mass is 14.4. The van der Waals surface area contributed by atoms with Gasteiger partial charge in [0.25, 0.3) is 0 Å². The molecule has 90 valence electrons. The van der Waals surface area contributed by atoms with Gasteiger partial charge < -0.3 is 0 Å². The van der Waals surface area contributed by atoms with E-state index < -0.39 is 0 Å². The van der Waals surface area contributed by atoms with Crippen molar-refractivity contribution >= 4 is 0 Å². The van der Waals surface area contributed by atoms with Crippen LogP contribution in [0.4, 0.5) is 0 Å². The van der Waals surface area contributed by atoms with Crippen molar-refractivity contribution in [1.82, 2.24) is 0 Å². The average Bonchev–Trinajstić information content (AvgIpc) is 2.13. The van der Waals surface area contributed by atoms with E-state index >= 15 is 0 Å². The van der Waals surface area contributed by atoms with Crippen molar-refractivity contribution in [2.75, 3.05) is 0 Å². The van der Waals surface area contributed by atoms with Gasteiger partial charge in [-0.3, -0.25) is 0 Å². The lowest BCUT2D eigenvalue weighted by atomic mass is 9.63. The van der Waals surface area contributed by atoms with Crippen molar-refractivity contribution in [3.05, 3.63) is 0 Å². The van der Waals surface area contributed by atoms with Crippen LogP contribution in [0.2, 0.25) is 0 Å². The van der Waals surface area contributed by atoms with E-state index in [0.29, 0.717) is 5.41 Å². The van der Waals surface area contributed by atoms with Crippen LogP contribution in [0, 0.1) is 23.2 Å². The summed E-state index contributed by atoms with van der Waals surface area (Å²) >= 11 is 0. The molecule has 2 unspecified atom stereocenters. The molecule has 1 aliphatic carbocycles. The highest BCUT2D eigenvalue weighted by Crippen LogP contribution is 2.46. The highest BCUT2D eigenvalue weighted by Gasteiger charge is 2.35. The number of rotatable bonds is 2. The molecule has 0 nitrogen and oxygen atoms in total. The first-order valence-corrected chi connectivity index (χ1v) is 7.00. The molecule has 0 radical (unpaired) electrons. The van der Waals surface area contributed by atoms with E-state index in [4.69, 9.17) is 0 Å². The summed E-state index contributed by atoms with van der Waals surface area (Å²) in [5, 5.41) is 0. The maximum Gasteiger partial charge on any atom is -0.0272 e. The standard InChI is InChI=1S/C15H30/c1-6-15(12(2)3)10-13(4)8-7-9-14(5)11-15/h12-14H,6-11H2,1-5H3. The van der Waals surface area contributed by atoms with Gasteiger partial charge >= 0.3 is 0 Å². The Morgan fingerprint density at radius 3 is 1.87 bits per heavy atom. The largest absolute Gasteiger partial charge is 0.0648 e. The molecule has 0 aliphatic heterocycles. The molecule has 1 fully saturated rings. The number of hydrogen-bond donors (Lipinski definition) is 0. The Morgan fingerprint density at radius 2 is 1.53 bits per heavy atom. The highest BCUT2D eigenvalue weighted by molar-refractivity contribution is 4.86. The molecule has 1 rings (SSSR count). The minimum atomic E-state index is 0.638. The molecule has 1 aliphatic rings. The van der Waals surface area contributed by atoms with Crippen molar-refractivity contribution in [1.29, 1.82) is 0 Å². The summed E-state index contributed by atoms with van der Waals surface area (Å²) in [5.74, 6) is 2.74. The predicted molar refractivity (Wildman–Crippen MR) is 69.0 cm³/mol. The summed E-state index contributed by atoms with van der Waals surface area (Å²) < 4.78 is 0. The molecular formula is C15H30. The summed E-state index contributed by atoms with van der Waals surface area (Å²) in [4.78, 5) is 0. The predicted octanol–water partition coefficient (Wildman–Crippen LogP) is 5.28. The Labute approximate surface area is 96.8 Å². The molecular weight excluding hydrogens is 180 g/mol. The Hall–Kier alpha value is 0. The van der Waals surface area contributed by atoms with Crippen LogP contribution >= 0.6 is 0 Å². The third kappa shape index (κ3) is 3.23. The SMILES string of the molecule is CCC1(C(C)C)CC(C)CCCC(C)C1. The van der Waals surface area contributed by atoms with Gasteiger partial charge in [0.1, 0.15) is 0 Å². The zero-order valence-electron chi connectivity index (χ0n) is 11.5. The molecule has 1 saturated carbocycles. The van der Waals surface area contributed by atoms with Crippen LogP contribution in [0.3, 0.4) is 0 Å². The second-order valence-corrected chi connectivity index (χ2v) is 6.42. The molecule has 2 atom stereocenters. The van der Waals surface area contributed by atoms with Gasteiger partial charge in [0.15, 0.2) is 0 Å². The van der Waals surface area contributed by atoms with Crippen LogP contribution in [0.25, 0.3) is 0 Å². The van der Waals surface area contributed by atoms with E-state index in [2.05, 4.69) is 34.6 Å². The van der Waals surface area contributed by atoms with E-state index in [1.54, 1.807) is 0 Å². The zero-order chi connectivity index (χ0) is 11.5. The van der Waals surface area contributed by atoms with Crippen LogP contribution in [-0.4, -0.2) is 0 Å². The van der Waals surface area contributed by atoms with E-state index in [0.717, 1.165) is 17.8 Å². The fraction of sp³-hybridized carbons (Fsp3) is 1.00. The van der Waals surface area contributed by atoms with Gasteiger partial charge in [0.05, 0.1) is 0 Å². The molecule has 0 N–H and O–H groups in total. The molecule has 15 heavy (non-hydrogen) atoms. The summed E-state index contributed by atoms with van der Waals surface area (Å²) in [5.41, 5.74) is 0.638. The van der Waals surface area contributed by atoms with Crippen LogP contribution < -0.4 is 0 Å². The van der Waals surface area contributed by atoms with E-state index in [9.17, 15) is 0 Å². The monoisotopic (exact) mass is 210 g/mol. The smallest absolute Gasteiger partial charge is 0.0272 e. The van der Waals surface area contributed by atoms with Crippen LogP contribution in [0.1, 0.15) is 73.1 Å². The van der Waals surface area contributed by atoms with Gasteiger partial charge in [-0.2, -0.15) is 0 Å². The molecule has 0 saturated heterocycles. The molecule has 0 heteroatoms. The van der Waals surface area contributed by atoms with Gasteiger partial charge in [-0.15, -0.1) is 0 Å². The fourth-order valence-corrected chi connectivity index (χ4v) is 3.66. The van der Waals surface area contributed by atoms with E-state index in [1.807, 2.05) is 0 Å². The minimum Gasteiger partial charge on any atom is -0.0648 e. The molecule has 0 aromatic carbocycles. The Balaban J connectivity index is 2.78. The quantitative estimate of drug-likeness (QED) is 0.582. The first-order chi connectivity index (χ1) is 7.00. The van der Waals surface area contributed by atoms with Gasteiger partial charge in [0.2, 0.25) is 0 Å². The van der Waals surface area contributed by atoms with Gasteiger partial charge in [-0.05, 0) is 36.0 Å². The summed E-state index contributed by atoms with van der Waals surface area (Å²) in [6.07, 6.45) is 8.67. The Kier molecular flexibility index (Phi) is 4.67. The third-order valence-corrected chi connectivity index (χ3v) is 4.83. The molecule has 0 amide bonds. The second-order valence-electron chi connectivity index (χ2n) is 6.42. The lowest BCUT2D eigenvalue weighted by Crippen LogP contribution is -2.32. The molecule has 0 spiro atoms. The number of hydrogen-bond acceptors (Lipinski definition) is 0. The van der Waals surface area contributed by atoms with Crippen molar-refractivity contribution in [3.8, 4) is 0 Å². The zero-order valence-corrected chi connectivity index (χ0v) is 11.5. The van der Waals surface area contributed by atoms with Crippen LogP contribution in [0.15, 0.2) is 0 Å². The van der Waals surface area contributed by atoms with Gasteiger partial charge in [0, 0.05) is 0 Å². The van der Waals surface area contributed by atoms with Crippen LogP contribution in [-0.2, 0) is 0 Å². The van der Waals surface area contributed by atoms with Gasteiger partial charge in [-0.25, -0.2) is 0 Å². The van der Waals surface area contributed by atoms with Crippen molar-refractivity contribution in [3.63, 3.8) is 0 Å². The summed E-state index contributed by atoms with van der Waals surface area (Å²) in [6, 6.07) is 0. The van der Waals surface area contributed by atoms with Crippen molar-refractivity contribution in [2.45, 2.75) is 73.1 Å². The maximum atomic E-state index is 2.46. The third-order valence-electron chi connectivity index (χ3n) is 4.83. The summed E-state index contributed by atoms with van der Waals surface area (Å²) in [6.45, 7) is 12.2. The molecule has 0 bridgehead atoms. The normalized spacial score (nSPS) is 38.8. The average molecular weight is 210 g/mol. The summed E-state index contributed by atoms with van der Waals surface area (Å²) in [7, 11) is 0. The van der Waals surface area contributed by atoms with E-state index in [1.165, 1.54) is 38.5 Å². The topological polar surface area (TPSA) is 0 Å². The van der Waals surface area contributed by atoms with Crippen molar-refractivity contribution in [2.24, 2.45) is 23.2 Å². The lowest BCUT2D eigenvalue weighted by molar-refractivity contribution is 0.0807.